The van der Waals surface area contributed by atoms with Crippen molar-refractivity contribution >= 4 is 0 Å². The van der Waals surface area contributed by atoms with Crippen LogP contribution in [0, 0.1) is 0 Å². The fourth-order valence-corrected chi connectivity index (χ4v) is 2.99. The van der Waals surface area contributed by atoms with E-state index in [0.717, 1.165) is 19.4 Å². The van der Waals surface area contributed by atoms with Gasteiger partial charge in [-0.1, -0.05) is 39.0 Å². The molecule has 1 N–H and O–H groups in total. The smallest absolute Gasteiger partial charge is 0.0703 e. The van der Waals surface area contributed by atoms with Crippen molar-refractivity contribution in [3.05, 3.63) is 41.2 Å². The molecule has 0 aliphatic rings. The van der Waals surface area contributed by atoms with Crippen LogP contribution in [0.1, 0.15) is 50.7 Å². The molecule has 114 valence electrons. The molecule has 0 radical (unpaired) electrons. The molecular weight excluding hydrogens is 258 g/mol. The predicted octanol–water partition coefficient (Wildman–Crippen LogP) is 3.88. The van der Waals surface area contributed by atoms with Gasteiger partial charge in [0, 0.05) is 24.3 Å². The molecule has 1 atom stereocenters. The molecule has 3 nitrogen and oxygen atoms in total. The molecule has 0 amide bonds. The van der Waals surface area contributed by atoms with Crippen LogP contribution >= 0.6 is 0 Å². The lowest BCUT2D eigenvalue weighted by Gasteiger charge is -2.14. The monoisotopic (exact) mass is 285 g/mol. The Morgan fingerprint density at radius 2 is 1.95 bits per heavy atom. The van der Waals surface area contributed by atoms with Gasteiger partial charge in [0.1, 0.15) is 0 Å². The van der Waals surface area contributed by atoms with Gasteiger partial charge >= 0.3 is 0 Å². The lowest BCUT2D eigenvalue weighted by Crippen LogP contribution is -2.17. The van der Waals surface area contributed by atoms with E-state index in [1.807, 2.05) is 11.7 Å². The summed E-state index contributed by atoms with van der Waals surface area (Å²) in [6, 6.07) is 9.25. The summed E-state index contributed by atoms with van der Waals surface area (Å²) < 4.78 is 2.04. The second kappa shape index (κ2) is 6.90. The highest BCUT2D eigenvalue weighted by Gasteiger charge is 2.16. The number of nitrogens with one attached hydrogen (secondary N) is 1. The molecule has 1 heterocycles. The largest absolute Gasteiger partial charge is 0.310 e. The van der Waals surface area contributed by atoms with Crippen LogP contribution in [0.25, 0.3) is 11.1 Å². The number of benzene rings is 1. The van der Waals surface area contributed by atoms with Gasteiger partial charge in [-0.15, -0.1) is 0 Å². The minimum absolute atomic E-state index is 0.377. The standard InChI is InChI=1S/C18H27N3/c1-6-16-18(17(7-2)21(5)20-16)15-11-9-10-14(12-15)13(4)19-8-3/h9-13,19H,6-8H2,1-5H3. The number of aromatic nitrogens is 2. The Kier molecular flexibility index (Phi) is 5.18. The fraction of sp³-hybridized carbons (Fsp3) is 0.500. The molecule has 0 aliphatic carbocycles. The van der Waals surface area contributed by atoms with Crippen molar-refractivity contribution < 1.29 is 0 Å². The first-order valence-corrected chi connectivity index (χ1v) is 8.00. The maximum atomic E-state index is 4.69. The molecule has 0 bridgehead atoms. The van der Waals surface area contributed by atoms with E-state index in [0.29, 0.717) is 6.04 Å². The van der Waals surface area contributed by atoms with Gasteiger partial charge in [0.25, 0.3) is 0 Å². The number of hydrogen-bond acceptors (Lipinski definition) is 2. The van der Waals surface area contributed by atoms with Crippen molar-refractivity contribution in [1.82, 2.24) is 15.1 Å². The summed E-state index contributed by atoms with van der Waals surface area (Å²) in [5, 5.41) is 8.17. The average molecular weight is 285 g/mol. The van der Waals surface area contributed by atoms with E-state index in [-0.39, 0.29) is 0 Å². The normalized spacial score (nSPS) is 12.6. The van der Waals surface area contributed by atoms with Gasteiger partial charge in [0.15, 0.2) is 0 Å². The maximum Gasteiger partial charge on any atom is 0.0703 e. The van der Waals surface area contributed by atoms with Crippen molar-refractivity contribution in [2.45, 2.75) is 46.6 Å². The molecule has 1 unspecified atom stereocenters. The minimum Gasteiger partial charge on any atom is -0.310 e. The summed E-state index contributed by atoms with van der Waals surface area (Å²) in [5.74, 6) is 0. The number of hydrogen-bond donors (Lipinski definition) is 1. The highest BCUT2D eigenvalue weighted by Crippen LogP contribution is 2.30. The number of aryl methyl sites for hydroxylation is 2. The predicted molar refractivity (Wildman–Crippen MR) is 89.5 cm³/mol. The zero-order valence-corrected chi connectivity index (χ0v) is 13.9. The summed E-state index contributed by atoms with van der Waals surface area (Å²) in [7, 11) is 2.05. The van der Waals surface area contributed by atoms with Crippen molar-refractivity contribution in [2.75, 3.05) is 6.54 Å². The Hall–Kier alpha value is -1.61. The molecule has 1 aromatic heterocycles. The summed E-state index contributed by atoms with van der Waals surface area (Å²) in [5.41, 5.74) is 6.47. The molecule has 0 aliphatic heterocycles. The van der Waals surface area contributed by atoms with Crippen LogP contribution in [-0.2, 0) is 19.9 Å². The topological polar surface area (TPSA) is 29.9 Å². The van der Waals surface area contributed by atoms with Crippen LogP contribution in [0.15, 0.2) is 24.3 Å². The lowest BCUT2D eigenvalue weighted by atomic mass is 9.97. The summed E-state index contributed by atoms with van der Waals surface area (Å²) in [6.07, 6.45) is 1.97. The van der Waals surface area contributed by atoms with E-state index in [1.54, 1.807) is 0 Å². The maximum absolute atomic E-state index is 4.69. The van der Waals surface area contributed by atoms with Gasteiger partial charge in [-0.05, 0) is 43.5 Å². The first-order valence-electron chi connectivity index (χ1n) is 8.00. The fourth-order valence-electron chi connectivity index (χ4n) is 2.99. The van der Waals surface area contributed by atoms with Crippen LogP contribution in [-0.4, -0.2) is 16.3 Å². The molecule has 21 heavy (non-hydrogen) atoms. The Morgan fingerprint density at radius 3 is 2.57 bits per heavy atom. The van der Waals surface area contributed by atoms with Crippen LogP contribution in [0.5, 0.6) is 0 Å². The van der Waals surface area contributed by atoms with Crippen molar-refractivity contribution in [1.29, 1.82) is 0 Å². The Bertz CT molecular complexity index is 599. The second-order valence-corrected chi connectivity index (χ2v) is 5.50. The second-order valence-electron chi connectivity index (χ2n) is 5.50. The molecular formula is C18H27N3. The van der Waals surface area contributed by atoms with E-state index in [2.05, 4.69) is 62.4 Å². The van der Waals surface area contributed by atoms with E-state index in [4.69, 9.17) is 0 Å². The molecule has 2 aromatic rings. The quantitative estimate of drug-likeness (QED) is 0.873. The lowest BCUT2D eigenvalue weighted by molar-refractivity contribution is 0.598. The van der Waals surface area contributed by atoms with Gasteiger partial charge in [-0.2, -0.15) is 5.10 Å². The van der Waals surface area contributed by atoms with E-state index in [1.165, 1.54) is 28.1 Å². The van der Waals surface area contributed by atoms with Gasteiger partial charge in [-0.25, -0.2) is 0 Å². The number of rotatable bonds is 6. The van der Waals surface area contributed by atoms with E-state index >= 15 is 0 Å². The Labute approximate surface area is 128 Å². The molecule has 2 rings (SSSR count). The third-order valence-electron chi connectivity index (χ3n) is 4.09. The van der Waals surface area contributed by atoms with Crippen LogP contribution < -0.4 is 5.32 Å². The Morgan fingerprint density at radius 1 is 1.19 bits per heavy atom. The van der Waals surface area contributed by atoms with Gasteiger partial charge in [-0.3, -0.25) is 4.68 Å². The van der Waals surface area contributed by atoms with Crippen LogP contribution in [0.4, 0.5) is 0 Å². The van der Waals surface area contributed by atoms with Crippen molar-refractivity contribution in [3.63, 3.8) is 0 Å². The van der Waals surface area contributed by atoms with Crippen molar-refractivity contribution in [2.24, 2.45) is 7.05 Å². The highest BCUT2D eigenvalue weighted by atomic mass is 15.3. The molecule has 0 spiro atoms. The van der Waals surface area contributed by atoms with Gasteiger partial charge in [0.2, 0.25) is 0 Å². The van der Waals surface area contributed by atoms with Gasteiger partial charge < -0.3 is 5.32 Å². The molecule has 3 heteroatoms. The molecule has 0 fully saturated rings. The molecule has 0 saturated heterocycles. The summed E-state index contributed by atoms with van der Waals surface area (Å²) in [6.45, 7) is 9.72. The molecule has 0 saturated carbocycles. The van der Waals surface area contributed by atoms with E-state index in [9.17, 15) is 0 Å². The first-order chi connectivity index (χ1) is 10.1. The zero-order valence-electron chi connectivity index (χ0n) is 13.9. The van der Waals surface area contributed by atoms with Gasteiger partial charge in [0.05, 0.1) is 5.69 Å². The molecule has 1 aromatic carbocycles. The first kappa shape index (κ1) is 15.8. The summed E-state index contributed by atoms with van der Waals surface area (Å²) in [4.78, 5) is 0. The van der Waals surface area contributed by atoms with Crippen molar-refractivity contribution in [3.8, 4) is 11.1 Å². The zero-order chi connectivity index (χ0) is 15.4. The SMILES string of the molecule is CCNC(C)c1cccc(-c2c(CC)nn(C)c2CC)c1. The highest BCUT2D eigenvalue weighted by molar-refractivity contribution is 5.69. The van der Waals surface area contributed by atoms with Crippen LogP contribution in [0.3, 0.4) is 0 Å². The van der Waals surface area contributed by atoms with Crippen LogP contribution in [0.2, 0.25) is 0 Å². The number of nitrogens with zero attached hydrogens (tertiary/aromatic N) is 2. The third kappa shape index (κ3) is 3.18. The van der Waals surface area contributed by atoms with E-state index < -0.39 is 0 Å². The average Bonchev–Trinajstić information content (AvgIpc) is 2.83. The third-order valence-corrected chi connectivity index (χ3v) is 4.09. The minimum atomic E-state index is 0.377. The Balaban J connectivity index is 2.49. The summed E-state index contributed by atoms with van der Waals surface area (Å²) >= 11 is 0.